The first-order valence-electron chi connectivity index (χ1n) is 6.46. The number of thioether (sulfide) groups is 1. The van der Waals surface area contributed by atoms with E-state index in [4.69, 9.17) is 0 Å². The van der Waals surface area contributed by atoms with E-state index < -0.39 is 0 Å². The summed E-state index contributed by atoms with van der Waals surface area (Å²) < 4.78 is 2.68. The van der Waals surface area contributed by atoms with Crippen molar-refractivity contribution in [3.8, 4) is 0 Å². The molecular formula is C13H23N3S. The number of nitrogens with zero attached hydrogens (tertiary/aromatic N) is 2. The zero-order valence-electron chi connectivity index (χ0n) is 11.1. The molecule has 0 aliphatic carbocycles. The molecule has 1 aromatic heterocycles. The average Bonchev–Trinajstić information content (AvgIpc) is 2.87. The van der Waals surface area contributed by atoms with Crippen molar-refractivity contribution in [3.63, 3.8) is 0 Å². The Hall–Kier alpha value is -0.480. The summed E-state index contributed by atoms with van der Waals surface area (Å²) >= 11 is 2.11. The van der Waals surface area contributed by atoms with Crippen molar-refractivity contribution < 1.29 is 0 Å². The number of imidazole rings is 1. The molecular weight excluding hydrogens is 230 g/mol. The summed E-state index contributed by atoms with van der Waals surface area (Å²) in [5.41, 5.74) is 1.28. The molecule has 3 nitrogen and oxygen atoms in total. The van der Waals surface area contributed by atoms with Crippen LogP contribution in [0, 0.1) is 0 Å². The van der Waals surface area contributed by atoms with E-state index in [9.17, 15) is 0 Å². The Morgan fingerprint density at radius 1 is 1.59 bits per heavy atom. The fraction of sp³-hybridized carbons (Fsp3) is 0.769. The van der Waals surface area contributed by atoms with E-state index in [2.05, 4.69) is 47.4 Å². The van der Waals surface area contributed by atoms with Crippen LogP contribution < -0.4 is 5.32 Å². The van der Waals surface area contributed by atoms with Crippen LogP contribution in [0.1, 0.15) is 45.3 Å². The number of nitrogens with one attached hydrogen (secondary N) is 1. The molecule has 0 radical (unpaired) electrons. The first-order valence-corrected chi connectivity index (χ1v) is 7.45. The molecule has 4 heteroatoms. The molecule has 1 unspecified atom stereocenters. The second-order valence-electron chi connectivity index (χ2n) is 5.39. The van der Waals surface area contributed by atoms with E-state index in [1.807, 2.05) is 12.5 Å². The van der Waals surface area contributed by atoms with Gasteiger partial charge in [0.2, 0.25) is 0 Å². The Morgan fingerprint density at radius 2 is 2.41 bits per heavy atom. The summed E-state index contributed by atoms with van der Waals surface area (Å²) in [6.07, 6.45) is 6.60. The standard InChI is InChI=1S/C13H23N3S/c1-11(2)16-10-15-8-12(16)7-14-9-13(3)5-4-6-17-13/h8,10-11,14H,4-7,9H2,1-3H3. The third-order valence-corrected chi connectivity index (χ3v) is 4.95. The molecule has 0 saturated carbocycles. The van der Waals surface area contributed by atoms with E-state index in [1.54, 1.807) is 0 Å². The maximum Gasteiger partial charge on any atom is 0.0951 e. The number of hydrogen-bond acceptors (Lipinski definition) is 3. The number of aromatic nitrogens is 2. The van der Waals surface area contributed by atoms with Gasteiger partial charge in [-0.3, -0.25) is 0 Å². The van der Waals surface area contributed by atoms with Gasteiger partial charge in [-0.25, -0.2) is 4.98 Å². The topological polar surface area (TPSA) is 29.9 Å². The SMILES string of the molecule is CC(C)n1cncc1CNCC1(C)CCCS1. The van der Waals surface area contributed by atoms with E-state index in [0.717, 1.165) is 13.1 Å². The van der Waals surface area contributed by atoms with Gasteiger partial charge in [-0.2, -0.15) is 11.8 Å². The average molecular weight is 253 g/mol. The molecule has 0 aromatic carbocycles. The molecule has 0 amide bonds. The Bertz CT molecular complexity index is 353. The van der Waals surface area contributed by atoms with Gasteiger partial charge in [0, 0.05) is 30.1 Å². The van der Waals surface area contributed by atoms with Gasteiger partial charge in [0.05, 0.1) is 12.0 Å². The van der Waals surface area contributed by atoms with Crippen molar-refractivity contribution >= 4 is 11.8 Å². The van der Waals surface area contributed by atoms with Gasteiger partial charge in [-0.15, -0.1) is 0 Å². The summed E-state index contributed by atoms with van der Waals surface area (Å²) in [5.74, 6) is 1.32. The molecule has 1 fully saturated rings. The highest BCUT2D eigenvalue weighted by Gasteiger charge is 2.28. The summed E-state index contributed by atoms with van der Waals surface area (Å²) in [7, 11) is 0. The van der Waals surface area contributed by atoms with E-state index in [1.165, 1.54) is 24.3 Å². The summed E-state index contributed by atoms with van der Waals surface area (Å²) in [6, 6.07) is 0.491. The van der Waals surface area contributed by atoms with E-state index in [-0.39, 0.29) is 0 Å². The molecule has 17 heavy (non-hydrogen) atoms. The molecule has 2 heterocycles. The monoisotopic (exact) mass is 253 g/mol. The van der Waals surface area contributed by atoms with Gasteiger partial charge >= 0.3 is 0 Å². The summed E-state index contributed by atoms with van der Waals surface area (Å²) in [4.78, 5) is 4.23. The van der Waals surface area contributed by atoms with Crippen LogP contribution in [0.4, 0.5) is 0 Å². The van der Waals surface area contributed by atoms with Crippen LogP contribution in [0.2, 0.25) is 0 Å². The van der Waals surface area contributed by atoms with Crippen molar-refractivity contribution in [2.24, 2.45) is 0 Å². The minimum atomic E-state index is 0.447. The van der Waals surface area contributed by atoms with Crippen LogP contribution in [0.15, 0.2) is 12.5 Å². The molecule has 1 aromatic rings. The van der Waals surface area contributed by atoms with Gasteiger partial charge in [-0.1, -0.05) is 0 Å². The number of rotatable bonds is 5. The molecule has 0 spiro atoms. The Labute approximate surface area is 108 Å². The fourth-order valence-corrected chi connectivity index (χ4v) is 3.64. The van der Waals surface area contributed by atoms with E-state index >= 15 is 0 Å². The lowest BCUT2D eigenvalue weighted by Crippen LogP contribution is -2.33. The van der Waals surface area contributed by atoms with Crippen LogP contribution in [0.3, 0.4) is 0 Å². The highest BCUT2D eigenvalue weighted by atomic mass is 32.2. The third-order valence-electron chi connectivity index (χ3n) is 3.41. The molecule has 96 valence electrons. The van der Waals surface area contributed by atoms with E-state index in [0.29, 0.717) is 10.8 Å². The second kappa shape index (κ2) is 5.44. The molecule has 1 aliphatic rings. The molecule has 1 aliphatic heterocycles. The molecule has 1 atom stereocenters. The lowest BCUT2D eigenvalue weighted by molar-refractivity contribution is 0.510. The van der Waals surface area contributed by atoms with Gasteiger partial charge in [0.25, 0.3) is 0 Å². The Balaban J connectivity index is 1.83. The van der Waals surface area contributed by atoms with Crippen LogP contribution in [0.25, 0.3) is 0 Å². The van der Waals surface area contributed by atoms with Gasteiger partial charge in [0.15, 0.2) is 0 Å². The fourth-order valence-electron chi connectivity index (χ4n) is 2.37. The van der Waals surface area contributed by atoms with Gasteiger partial charge < -0.3 is 9.88 Å². The predicted octanol–water partition coefficient (Wildman–Crippen LogP) is 2.84. The normalized spacial score (nSPS) is 24.7. The summed E-state index contributed by atoms with van der Waals surface area (Å²) in [5, 5.41) is 3.58. The first kappa shape index (κ1) is 13.0. The van der Waals surface area contributed by atoms with Gasteiger partial charge in [0.1, 0.15) is 0 Å². The van der Waals surface area contributed by atoms with Crippen molar-refractivity contribution in [1.82, 2.24) is 14.9 Å². The van der Waals surface area contributed by atoms with Gasteiger partial charge in [-0.05, 0) is 39.4 Å². The zero-order chi connectivity index (χ0) is 12.3. The quantitative estimate of drug-likeness (QED) is 0.875. The van der Waals surface area contributed by atoms with Crippen molar-refractivity contribution in [2.45, 2.75) is 50.9 Å². The van der Waals surface area contributed by atoms with Crippen molar-refractivity contribution in [1.29, 1.82) is 0 Å². The number of hydrogen-bond donors (Lipinski definition) is 1. The zero-order valence-corrected chi connectivity index (χ0v) is 11.9. The largest absolute Gasteiger partial charge is 0.331 e. The summed E-state index contributed by atoms with van der Waals surface area (Å²) in [6.45, 7) is 8.78. The van der Waals surface area contributed by atoms with Crippen LogP contribution in [-0.2, 0) is 6.54 Å². The minimum absolute atomic E-state index is 0.447. The first-order chi connectivity index (χ1) is 8.11. The highest BCUT2D eigenvalue weighted by molar-refractivity contribution is 8.00. The van der Waals surface area contributed by atoms with Crippen LogP contribution in [-0.4, -0.2) is 26.6 Å². The minimum Gasteiger partial charge on any atom is -0.331 e. The highest BCUT2D eigenvalue weighted by Crippen LogP contribution is 2.36. The predicted molar refractivity (Wildman–Crippen MR) is 74.4 cm³/mol. The Morgan fingerprint density at radius 3 is 3.06 bits per heavy atom. The molecule has 1 saturated heterocycles. The van der Waals surface area contributed by atoms with Crippen LogP contribution in [0.5, 0.6) is 0 Å². The maximum atomic E-state index is 4.23. The smallest absolute Gasteiger partial charge is 0.0951 e. The lowest BCUT2D eigenvalue weighted by Gasteiger charge is -2.23. The van der Waals surface area contributed by atoms with Crippen molar-refractivity contribution in [3.05, 3.63) is 18.2 Å². The Kier molecular flexibility index (Phi) is 4.15. The second-order valence-corrected chi connectivity index (χ2v) is 7.07. The van der Waals surface area contributed by atoms with Crippen molar-refractivity contribution in [2.75, 3.05) is 12.3 Å². The third kappa shape index (κ3) is 3.26. The van der Waals surface area contributed by atoms with Crippen LogP contribution >= 0.6 is 11.8 Å². The molecule has 2 rings (SSSR count). The lowest BCUT2D eigenvalue weighted by atomic mass is 10.1. The maximum absolute atomic E-state index is 4.23. The molecule has 1 N–H and O–H groups in total. The molecule has 0 bridgehead atoms.